The van der Waals surface area contributed by atoms with Crippen molar-refractivity contribution in [1.82, 2.24) is 4.90 Å². The van der Waals surface area contributed by atoms with E-state index in [2.05, 4.69) is 0 Å². The molecule has 4 heteroatoms. The molecule has 3 rings (SSSR count). The van der Waals surface area contributed by atoms with Gasteiger partial charge in [0.15, 0.2) is 0 Å². The molecule has 2 aromatic rings. The second-order valence-corrected chi connectivity index (χ2v) is 5.41. The van der Waals surface area contributed by atoms with Crippen LogP contribution >= 0.6 is 23.2 Å². The molecule has 1 aliphatic rings. The van der Waals surface area contributed by atoms with Crippen molar-refractivity contribution in [2.75, 3.05) is 0 Å². The van der Waals surface area contributed by atoms with Crippen LogP contribution in [0, 0.1) is 0 Å². The predicted octanol–water partition coefficient (Wildman–Crippen LogP) is 5.18. The summed E-state index contributed by atoms with van der Waals surface area (Å²) < 4.78 is 0. The van der Waals surface area contributed by atoms with Gasteiger partial charge in [0.05, 0.1) is 10.6 Å². The average molecular weight is 322 g/mol. The van der Waals surface area contributed by atoms with Crippen LogP contribution in [0.1, 0.15) is 35.3 Å². The van der Waals surface area contributed by atoms with E-state index in [-0.39, 0.29) is 5.91 Å². The molecule has 21 heavy (non-hydrogen) atoms. The first-order valence-corrected chi connectivity index (χ1v) is 7.72. The number of fused-ring (bicyclic) bond motifs is 1. The number of halogens is 2. The van der Waals surface area contributed by atoms with Gasteiger partial charge in [-0.1, -0.05) is 67.4 Å². The van der Waals surface area contributed by atoms with Crippen molar-refractivity contribution in [3.63, 3.8) is 0 Å². The predicted molar refractivity (Wildman–Crippen MR) is 87.8 cm³/mol. The Labute approximate surface area is 135 Å². The molecule has 1 aliphatic heterocycles. The fraction of sp³-hybridized carbons (Fsp3) is 0.235. The molecule has 0 N–H and O–H groups in total. The van der Waals surface area contributed by atoms with E-state index in [0.717, 1.165) is 11.1 Å². The van der Waals surface area contributed by atoms with Gasteiger partial charge in [0.25, 0.3) is 5.91 Å². The molecule has 0 bridgehead atoms. The Bertz CT molecular complexity index is 641. The molecular weight excluding hydrogens is 305 g/mol. The summed E-state index contributed by atoms with van der Waals surface area (Å²) >= 11 is 12.1. The number of amides is 1. The first-order chi connectivity index (χ1) is 10.1. The van der Waals surface area contributed by atoms with E-state index in [1.54, 1.807) is 11.0 Å². The molecule has 0 atom stereocenters. The average Bonchev–Trinajstić information content (AvgIpc) is 2.78. The number of benzene rings is 2. The largest absolute Gasteiger partial charge is 0.330 e. The first kappa shape index (κ1) is 15.9. The zero-order valence-corrected chi connectivity index (χ0v) is 13.6. The van der Waals surface area contributed by atoms with Crippen LogP contribution in [0.3, 0.4) is 0 Å². The van der Waals surface area contributed by atoms with Gasteiger partial charge in [-0.15, -0.1) is 0 Å². The maximum absolute atomic E-state index is 12.3. The zero-order valence-electron chi connectivity index (χ0n) is 12.1. The molecule has 0 radical (unpaired) electrons. The number of carbonyl (C=O) groups excluding carboxylic acids is 1. The highest BCUT2D eigenvalue weighted by atomic mass is 35.5. The molecule has 2 aromatic carbocycles. The Hall–Kier alpha value is -1.51. The van der Waals surface area contributed by atoms with Crippen LogP contribution in [0.4, 0.5) is 0 Å². The SMILES string of the molecule is CC.O=C1c2c(Cl)cc(Cl)cc2CN1Cc1ccccc1. The summed E-state index contributed by atoms with van der Waals surface area (Å²) in [4.78, 5) is 14.1. The van der Waals surface area contributed by atoms with Gasteiger partial charge in [-0.05, 0) is 23.3 Å². The van der Waals surface area contributed by atoms with Gasteiger partial charge in [-0.3, -0.25) is 4.79 Å². The summed E-state index contributed by atoms with van der Waals surface area (Å²) in [6, 6.07) is 13.3. The lowest BCUT2D eigenvalue weighted by Gasteiger charge is -2.15. The van der Waals surface area contributed by atoms with Crippen LogP contribution in [0.15, 0.2) is 42.5 Å². The number of hydrogen-bond donors (Lipinski definition) is 0. The van der Waals surface area contributed by atoms with Gasteiger partial charge in [0.2, 0.25) is 0 Å². The summed E-state index contributed by atoms with van der Waals surface area (Å²) in [5.74, 6) is -0.0273. The van der Waals surface area contributed by atoms with Crippen molar-refractivity contribution in [2.45, 2.75) is 26.9 Å². The van der Waals surface area contributed by atoms with Crippen molar-refractivity contribution in [1.29, 1.82) is 0 Å². The van der Waals surface area contributed by atoms with Gasteiger partial charge < -0.3 is 4.90 Å². The number of rotatable bonds is 2. The fourth-order valence-corrected chi connectivity index (χ4v) is 2.97. The van der Waals surface area contributed by atoms with E-state index in [0.29, 0.717) is 28.7 Å². The van der Waals surface area contributed by atoms with Crippen molar-refractivity contribution in [3.8, 4) is 0 Å². The lowest BCUT2D eigenvalue weighted by molar-refractivity contribution is 0.0767. The summed E-state index contributed by atoms with van der Waals surface area (Å²) in [5.41, 5.74) is 2.59. The summed E-state index contributed by atoms with van der Waals surface area (Å²) in [7, 11) is 0. The summed E-state index contributed by atoms with van der Waals surface area (Å²) in [5, 5.41) is 1.00. The van der Waals surface area contributed by atoms with E-state index in [1.165, 1.54) is 0 Å². The first-order valence-electron chi connectivity index (χ1n) is 6.96. The van der Waals surface area contributed by atoms with Gasteiger partial charge in [0.1, 0.15) is 0 Å². The smallest absolute Gasteiger partial charge is 0.256 e. The van der Waals surface area contributed by atoms with Gasteiger partial charge >= 0.3 is 0 Å². The molecule has 110 valence electrons. The number of carbonyl (C=O) groups is 1. The molecule has 0 unspecified atom stereocenters. The van der Waals surface area contributed by atoms with E-state index in [1.807, 2.05) is 50.2 Å². The Morgan fingerprint density at radius 3 is 2.43 bits per heavy atom. The second-order valence-electron chi connectivity index (χ2n) is 4.57. The highest BCUT2D eigenvalue weighted by Crippen LogP contribution is 2.32. The highest BCUT2D eigenvalue weighted by Gasteiger charge is 2.29. The monoisotopic (exact) mass is 321 g/mol. The highest BCUT2D eigenvalue weighted by molar-refractivity contribution is 6.37. The second kappa shape index (κ2) is 6.97. The van der Waals surface area contributed by atoms with Crippen LogP contribution in [0.25, 0.3) is 0 Å². The summed E-state index contributed by atoms with van der Waals surface area (Å²) in [6.45, 7) is 5.14. The van der Waals surface area contributed by atoms with Crippen LogP contribution < -0.4 is 0 Å². The van der Waals surface area contributed by atoms with Crippen LogP contribution in [-0.4, -0.2) is 10.8 Å². The standard InChI is InChI=1S/C15H11Cl2NO.C2H6/c16-12-6-11-9-18(8-10-4-2-1-3-5-10)15(19)14(11)13(17)7-12;1-2/h1-7H,8-9H2;1-2H3. The number of nitrogens with zero attached hydrogens (tertiary/aromatic N) is 1. The Morgan fingerprint density at radius 1 is 1.10 bits per heavy atom. The Kier molecular flexibility index (Phi) is 5.27. The molecule has 0 saturated carbocycles. The third-order valence-corrected chi connectivity index (χ3v) is 3.73. The molecule has 0 spiro atoms. The third-order valence-electron chi connectivity index (χ3n) is 3.22. The third kappa shape index (κ3) is 3.39. The van der Waals surface area contributed by atoms with Crippen molar-refractivity contribution in [2.24, 2.45) is 0 Å². The minimum absolute atomic E-state index is 0.0273. The lowest BCUT2D eigenvalue weighted by atomic mass is 10.1. The van der Waals surface area contributed by atoms with E-state index < -0.39 is 0 Å². The number of hydrogen-bond acceptors (Lipinski definition) is 1. The lowest BCUT2D eigenvalue weighted by Crippen LogP contribution is -2.23. The Morgan fingerprint density at radius 2 is 1.76 bits per heavy atom. The minimum Gasteiger partial charge on any atom is -0.330 e. The minimum atomic E-state index is -0.0273. The summed E-state index contributed by atoms with van der Waals surface area (Å²) in [6.07, 6.45) is 0. The van der Waals surface area contributed by atoms with Gasteiger partial charge in [-0.2, -0.15) is 0 Å². The quantitative estimate of drug-likeness (QED) is 0.746. The van der Waals surface area contributed by atoms with E-state index >= 15 is 0 Å². The maximum atomic E-state index is 12.3. The molecule has 2 nitrogen and oxygen atoms in total. The fourth-order valence-electron chi connectivity index (χ4n) is 2.36. The Balaban J connectivity index is 0.000000774. The molecule has 0 aromatic heterocycles. The normalized spacial score (nSPS) is 12.8. The van der Waals surface area contributed by atoms with Crippen molar-refractivity contribution in [3.05, 3.63) is 69.2 Å². The molecule has 0 fully saturated rings. The van der Waals surface area contributed by atoms with Gasteiger partial charge in [-0.25, -0.2) is 0 Å². The molecule has 0 aliphatic carbocycles. The van der Waals surface area contributed by atoms with E-state index in [4.69, 9.17) is 23.2 Å². The van der Waals surface area contributed by atoms with E-state index in [9.17, 15) is 4.79 Å². The van der Waals surface area contributed by atoms with Crippen LogP contribution in [0.5, 0.6) is 0 Å². The topological polar surface area (TPSA) is 20.3 Å². The maximum Gasteiger partial charge on any atom is 0.256 e. The zero-order chi connectivity index (χ0) is 15.4. The van der Waals surface area contributed by atoms with Crippen molar-refractivity contribution < 1.29 is 4.79 Å². The molecule has 1 heterocycles. The molecule has 0 saturated heterocycles. The van der Waals surface area contributed by atoms with Crippen LogP contribution in [-0.2, 0) is 13.1 Å². The molecule has 1 amide bonds. The van der Waals surface area contributed by atoms with Gasteiger partial charge in [0, 0.05) is 18.1 Å². The van der Waals surface area contributed by atoms with Crippen LogP contribution in [0.2, 0.25) is 10.0 Å². The molecular formula is C17H17Cl2NO. The van der Waals surface area contributed by atoms with Crippen molar-refractivity contribution >= 4 is 29.1 Å².